The number of hydrogen-bond donors (Lipinski definition) is 1. The van der Waals surface area contributed by atoms with Gasteiger partial charge < -0.3 is 14.4 Å². The summed E-state index contributed by atoms with van der Waals surface area (Å²) >= 11 is 0. The maximum atomic E-state index is 5.35. The molecule has 0 fully saturated rings. The van der Waals surface area contributed by atoms with Crippen LogP contribution in [-0.4, -0.2) is 19.7 Å². The number of nitrogens with one attached hydrogen (secondary N) is 1. The van der Waals surface area contributed by atoms with Gasteiger partial charge in [-0.15, -0.1) is 0 Å². The summed E-state index contributed by atoms with van der Waals surface area (Å²) in [6.45, 7) is 8.88. The monoisotopic (exact) mass is 325 g/mol. The van der Waals surface area contributed by atoms with E-state index in [1.165, 1.54) is 0 Å². The first-order valence-electron chi connectivity index (χ1n) is 8.00. The summed E-state index contributed by atoms with van der Waals surface area (Å²) in [5.74, 6) is 2.27. The van der Waals surface area contributed by atoms with E-state index >= 15 is 0 Å². The van der Waals surface area contributed by atoms with Crippen molar-refractivity contribution in [2.75, 3.05) is 5.32 Å². The van der Waals surface area contributed by atoms with Gasteiger partial charge in [0.25, 0.3) is 0 Å². The van der Waals surface area contributed by atoms with E-state index in [9.17, 15) is 0 Å². The molecule has 6 heteroatoms. The molecule has 0 saturated carbocycles. The molecule has 2 aromatic heterocycles. The molecule has 1 N–H and O–H groups in total. The van der Waals surface area contributed by atoms with E-state index in [-0.39, 0.29) is 5.41 Å². The molecule has 0 aliphatic rings. The fourth-order valence-electron chi connectivity index (χ4n) is 2.29. The molecule has 24 heavy (non-hydrogen) atoms. The molecule has 0 unspecified atom stereocenters. The smallest absolute Gasteiger partial charge is 0.232 e. The van der Waals surface area contributed by atoms with E-state index in [0.29, 0.717) is 11.7 Å². The second kappa shape index (κ2) is 6.11. The topological polar surface area (TPSA) is 68.8 Å². The molecule has 0 saturated heterocycles. The predicted molar refractivity (Wildman–Crippen MR) is 93.7 cm³/mol. The molecule has 1 aromatic carbocycles. The third-order valence-corrected chi connectivity index (χ3v) is 4.00. The lowest BCUT2D eigenvalue weighted by atomic mass is 9.97. The Bertz CT molecular complexity index is 824. The van der Waals surface area contributed by atoms with Crippen LogP contribution in [0, 0.1) is 6.92 Å². The van der Waals surface area contributed by atoms with Gasteiger partial charge in [-0.3, -0.25) is 0 Å². The SMILES string of the molecule is Cc1ncc(CNc2ccc(-c3noc(C(C)(C)C)n3)cc2)n1C. The predicted octanol–water partition coefficient (Wildman–Crippen LogP) is 3.69. The highest BCUT2D eigenvalue weighted by Crippen LogP contribution is 2.24. The van der Waals surface area contributed by atoms with Gasteiger partial charge in [0.1, 0.15) is 5.82 Å². The molecule has 0 spiro atoms. The zero-order valence-corrected chi connectivity index (χ0v) is 14.8. The number of aromatic nitrogens is 4. The maximum absolute atomic E-state index is 5.35. The summed E-state index contributed by atoms with van der Waals surface area (Å²) in [5, 5.41) is 7.47. The molecule has 2 heterocycles. The van der Waals surface area contributed by atoms with Crippen molar-refractivity contribution < 1.29 is 4.52 Å². The van der Waals surface area contributed by atoms with E-state index in [4.69, 9.17) is 4.52 Å². The fraction of sp³-hybridized carbons (Fsp3) is 0.389. The van der Waals surface area contributed by atoms with Gasteiger partial charge in [0, 0.05) is 23.7 Å². The van der Waals surface area contributed by atoms with Crippen LogP contribution in [0.1, 0.15) is 38.2 Å². The van der Waals surface area contributed by atoms with Gasteiger partial charge in [-0.1, -0.05) is 25.9 Å². The van der Waals surface area contributed by atoms with Gasteiger partial charge in [-0.2, -0.15) is 4.98 Å². The summed E-state index contributed by atoms with van der Waals surface area (Å²) in [4.78, 5) is 8.78. The van der Waals surface area contributed by atoms with E-state index in [1.807, 2.05) is 44.4 Å². The minimum absolute atomic E-state index is 0.145. The van der Waals surface area contributed by atoms with Gasteiger partial charge in [0.05, 0.1) is 18.4 Å². The maximum Gasteiger partial charge on any atom is 0.232 e. The van der Waals surface area contributed by atoms with Crippen LogP contribution in [0.5, 0.6) is 0 Å². The summed E-state index contributed by atoms with van der Waals surface area (Å²) in [5.41, 5.74) is 2.98. The molecule has 0 amide bonds. The molecule has 6 nitrogen and oxygen atoms in total. The molecule has 0 radical (unpaired) electrons. The van der Waals surface area contributed by atoms with Gasteiger partial charge >= 0.3 is 0 Å². The van der Waals surface area contributed by atoms with E-state index in [2.05, 4.69) is 45.8 Å². The number of nitrogens with zero attached hydrogens (tertiary/aromatic N) is 4. The van der Waals surface area contributed by atoms with Crippen LogP contribution < -0.4 is 5.32 Å². The van der Waals surface area contributed by atoms with Crippen molar-refractivity contribution >= 4 is 5.69 Å². The van der Waals surface area contributed by atoms with Crippen molar-refractivity contribution in [1.82, 2.24) is 19.7 Å². The molecule has 3 aromatic rings. The van der Waals surface area contributed by atoms with Crippen molar-refractivity contribution in [3.63, 3.8) is 0 Å². The first kappa shape index (κ1) is 16.2. The van der Waals surface area contributed by atoms with Crippen LogP contribution in [0.2, 0.25) is 0 Å². The Hall–Kier alpha value is -2.63. The minimum Gasteiger partial charge on any atom is -0.379 e. The van der Waals surface area contributed by atoms with Crippen LogP contribution in [0.25, 0.3) is 11.4 Å². The quantitative estimate of drug-likeness (QED) is 0.792. The lowest BCUT2D eigenvalue weighted by Crippen LogP contribution is -2.11. The highest BCUT2D eigenvalue weighted by molar-refractivity contribution is 5.59. The molecule has 3 rings (SSSR count). The Morgan fingerprint density at radius 3 is 2.42 bits per heavy atom. The van der Waals surface area contributed by atoms with Crippen molar-refractivity contribution in [2.24, 2.45) is 7.05 Å². The van der Waals surface area contributed by atoms with Gasteiger partial charge in [-0.25, -0.2) is 4.98 Å². The van der Waals surface area contributed by atoms with Crippen LogP contribution in [0.3, 0.4) is 0 Å². The van der Waals surface area contributed by atoms with Gasteiger partial charge in [0.2, 0.25) is 11.7 Å². The summed E-state index contributed by atoms with van der Waals surface area (Å²) in [7, 11) is 2.02. The Balaban J connectivity index is 1.69. The first-order chi connectivity index (χ1) is 11.3. The van der Waals surface area contributed by atoms with Crippen LogP contribution >= 0.6 is 0 Å². The Labute approximate surface area is 141 Å². The Morgan fingerprint density at radius 1 is 1.17 bits per heavy atom. The molecule has 126 valence electrons. The van der Waals surface area contributed by atoms with Crippen LogP contribution in [0.4, 0.5) is 5.69 Å². The average Bonchev–Trinajstić information content (AvgIpc) is 3.15. The first-order valence-corrected chi connectivity index (χ1v) is 8.00. The third-order valence-electron chi connectivity index (χ3n) is 4.00. The number of hydrogen-bond acceptors (Lipinski definition) is 5. The highest BCUT2D eigenvalue weighted by atomic mass is 16.5. The lowest BCUT2D eigenvalue weighted by molar-refractivity contribution is 0.321. The number of imidazole rings is 1. The number of benzene rings is 1. The molecule has 0 bridgehead atoms. The zero-order valence-electron chi connectivity index (χ0n) is 14.8. The van der Waals surface area contributed by atoms with E-state index in [0.717, 1.165) is 29.3 Å². The summed E-state index contributed by atoms with van der Waals surface area (Å²) < 4.78 is 7.43. The van der Waals surface area contributed by atoms with Crippen molar-refractivity contribution in [3.8, 4) is 11.4 Å². The highest BCUT2D eigenvalue weighted by Gasteiger charge is 2.22. The molecular weight excluding hydrogens is 302 g/mol. The second-order valence-electron chi connectivity index (χ2n) is 6.96. The Kier molecular flexibility index (Phi) is 4.13. The van der Waals surface area contributed by atoms with E-state index < -0.39 is 0 Å². The molecular formula is C18H23N5O. The molecule has 0 aliphatic carbocycles. The summed E-state index contributed by atoms with van der Waals surface area (Å²) in [6, 6.07) is 8.03. The number of anilines is 1. The third kappa shape index (κ3) is 3.32. The lowest BCUT2D eigenvalue weighted by Gasteiger charge is -2.10. The average molecular weight is 325 g/mol. The Morgan fingerprint density at radius 2 is 1.88 bits per heavy atom. The van der Waals surface area contributed by atoms with Crippen molar-refractivity contribution in [3.05, 3.63) is 47.9 Å². The van der Waals surface area contributed by atoms with Gasteiger partial charge in [-0.05, 0) is 31.2 Å². The van der Waals surface area contributed by atoms with Crippen molar-refractivity contribution in [1.29, 1.82) is 0 Å². The fourth-order valence-corrected chi connectivity index (χ4v) is 2.29. The minimum atomic E-state index is -0.145. The largest absolute Gasteiger partial charge is 0.379 e. The van der Waals surface area contributed by atoms with Crippen molar-refractivity contribution in [2.45, 2.75) is 39.7 Å². The van der Waals surface area contributed by atoms with Gasteiger partial charge in [0.15, 0.2) is 0 Å². The molecule has 0 atom stereocenters. The van der Waals surface area contributed by atoms with E-state index in [1.54, 1.807) is 0 Å². The number of aryl methyl sites for hydroxylation is 1. The second-order valence-corrected chi connectivity index (χ2v) is 6.96. The summed E-state index contributed by atoms with van der Waals surface area (Å²) in [6.07, 6.45) is 1.89. The van der Waals surface area contributed by atoms with Crippen LogP contribution in [0.15, 0.2) is 35.0 Å². The number of rotatable bonds is 4. The zero-order chi connectivity index (χ0) is 17.3. The van der Waals surface area contributed by atoms with Crippen LogP contribution in [-0.2, 0) is 19.0 Å². The molecule has 0 aliphatic heterocycles. The normalized spacial score (nSPS) is 11.7. The standard InChI is InChI=1S/C18H23N5O/c1-12-19-10-15(23(12)5)11-20-14-8-6-13(7-9-14)16-21-17(24-22-16)18(2,3)4/h6-10,20H,11H2,1-5H3.